The van der Waals surface area contributed by atoms with Crippen LogP contribution in [0, 0.1) is 0 Å². The molecule has 2 amide bonds. The molecule has 2 rings (SSSR count). The fourth-order valence-electron chi connectivity index (χ4n) is 2.18. The highest BCUT2D eigenvalue weighted by Crippen LogP contribution is 2.16. The second kappa shape index (κ2) is 7.26. The van der Waals surface area contributed by atoms with Gasteiger partial charge in [0.25, 0.3) is 0 Å². The van der Waals surface area contributed by atoms with E-state index in [-0.39, 0.29) is 12.6 Å². The van der Waals surface area contributed by atoms with Crippen LogP contribution in [0.4, 0.5) is 4.79 Å². The van der Waals surface area contributed by atoms with Crippen LogP contribution in [0.15, 0.2) is 30.3 Å². The minimum atomic E-state index is -0.901. The Balaban J connectivity index is 1.56. The predicted molar refractivity (Wildman–Crippen MR) is 76.6 cm³/mol. The van der Waals surface area contributed by atoms with Crippen LogP contribution >= 0.6 is 0 Å². The molecule has 1 aromatic carbocycles. The third-order valence-corrected chi connectivity index (χ3v) is 3.43. The van der Waals surface area contributed by atoms with Crippen LogP contribution in [0.3, 0.4) is 0 Å². The molecule has 0 bridgehead atoms. The SMILES string of the molecule is O=C(NCCCc1ccccc1)NCC1(O)CCOC1. The van der Waals surface area contributed by atoms with Gasteiger partial charge in [0.15, 0.2) is 0 Å². The van der Waals surface area contributed by atoms with E-state index in [9.17, 15) is 9.90 Å². The van der Waals surface area contributed by atoms with E-state index >= 15 is 0 Å². The summed E-state index contributed by atoms with van der Waals surface area (Å²) in [5.41, 5.74) is 0.369. The van der Waals surface area contributed by atoms with Crippen LogP contribution in [0.1, 0.15) is 18.4 Å². The normalized spacial score (nSPS) is 21.6. The van der Waals surface area contributed by atoms with E-state index in [1.54, 1.807) is 0 Å². The summed E-state index contributed by atoms with van der Waals surface area (Å²) < 4.78 is 5.12. The average molecular weight is 278 g/mol. The lowest BCUT2D eigenvalue weighted by Gasteiger charge is -2.20. The van der Waals surface area contributed by atoms with E-state index < -0.39 is 5.60 Å². The van der Waals surface area contributed by atoms with Crippen molar-refractivity contribution in [1.82, 2.24) is 10.6 Å². The number of rotatable bonds is 6. The molecular weight excluding hydrogens is 256 g/mol. The summed E-state index contributed by atoms with van der Waals surface area (Å²) in [5.74, 6) is 0. The molecule has 5 nitrogen and oxygen atoms in total. The maximum atomic E-state index is 11.6. The van der Waals surface area contributed by atoms with Gasteiger partial charge in [0, 0.05) is 19.6 Å². The molecule has 1 saturated heterocycles. The first-order valence-electron chi connectivity index (χ1n) is 7.04. The molecule has 1 atom stereocenters. The molecule has 1 fully saturated rings. The number of aryl methyl sites for hydroxylation is 1. The van der Waals surface area contributed by atoms with E-state index in [1.807, 2.05) is 18.2 Å². The summed E-state index contributed by atoms with van der Waals surface area (Å²) >= 11 is 0. The zero-order valence-electron chi connectivity index (χ0n) is 11.6. The third-order valence-electron chi connectivity index (χ3n) is 3.43. The van der Waals surface area contributed by atoms with Crippen LogP contribution in [-0.2, 0) is 11.2 Å². The van der Waals surface area contributed by atoms with Crippen molar-refractivity contribution in [2.45, 2.75) is 24.9 Å². The molecule has 1 aliphatic heterocycles. The number of hydrogen-bond acceptors (Lipinski definition) is 3. The maximum absolute atomic E-state index is 11.6. The van der Waals surface area contributed by atoms with Crippen molar-refractivity contribution in [1.29, 1.82) is 0 Å². The van der Waals surface area contributed by atoms with Gasteiger partial charge < -0.3 is 20.5 Å². The topological polar surface area (TPSA) is 70.6 Å². The number of nitrogens with one attached hydrogen (secondary N) is 2. The first-order valence-corrected chi connectivity index (χ1v) is 7.04. The molecule has 1 aliphatic rings. The Labute approximate surface area is 119 Å². The highest BCUT2D eigenvalue weighted by atomic mass is 16.5. The van der Waals surface area contributed by atoms with Gasteiger partial charge in [-0.2, -0.15) is 0 Å². The van der Waals surface area contributed by atoms with Crippen LogP contribution in [0.5, 0.6) is 0 Å². The Bertz CT molecular complexity index is 416. The molecule has 0 aromatic heterocycles. The number of carbonyl (C=O) groups is 1. The predicted octanol–water partition coefficient (Wildman–Crippen LogP) is 1.07. The molecule has 1 unspecified atom stereocenters. The van der Waals surface area contributed by atoms with Gasteiger partial charge in [-0.15, -0.1) is 0 Å². The molecule has 0 saturated carbocycles. The molecule has 3 N–H and O–H groups in total. The molecule has 0 aliphatic carbocycles. The fraction of sp³-hybridized carbons (Fsp3) is 0.533. The van der Waals surface area contributed by atoms with Crippen molar-refractivity contribution in [2.24, 2.45) is 0 Å². The average Bonchev–Trinajstić information content (AvgIpc) is 2.90. The lowest BCUT2D eigenvalue weighted by Crippen LogP contribution is -2.46. The lowest BCUT2D eigenvalue weighted by molar-refractivity contribution is 0.0292. The minimum absolute atomic E-state index is 0.234. The first kappa shape index (κ1) is 14.8. The molecular formula is C15H22N2O3. The van der Waals surface area contributed by atoms with Crippen molar-refractivity contribution in [3.63, 3.8) is 0 Å². The first-order chi connectivity index (χ1) is 9.68. The Morgan fingerprint density at radius 1 is 1.30 bits per heavy atom. The number of urea groups is 1. The molecule has 1 heterocycles. The fourth-order valence-corrected chi connectivity index (χ4v) is 2.18. The Kier molecular flexibility index (Phi) is 5.38. The summed E-state index contributed by atoms with van der Waals surface area (Å²) in [6.45, 7) is 1.70. The van der Waals surface area contributed by atoms with Crippen LogP contribution in [-0.4, -0.2) is 43.0 Å². The lowest BCUT2D eigenvalue weighted by atomic mass is 10.0. The largest absolute Gasteiger partial charge is 0.386 e. The number of ether oxygens (including phenoxy) is 1. The van der Waals surface area contributed by atoms with E-state index in [4.69, 9.17) is 4.74 Å². The van der Waals surface area contributed by atoms with Crippen LogP contribution in [0.2, 0.25) is 0 Å². The van der Waals surface area contributed by atoms with Crippen LogP contribution in [0.25, 0.3) is 0 Å². The van der Waals surface area contributed by atoms with Crippen molar-refractivity contribution in [2.75, 3.05) is 26.3 Å². The zero-order chi connectivity index (χ0) is 14.3. The highest BCUT2D eigenvalue weighted by molar-refractivity contribution is 5.73. The summed E-state index contributed by atoms with van der Waals surface area (Å²) in [6.07, 6.45) is 2.41. The summed E-state index contributed by atoms with van der Waals surface area (Å²) in [5, 5.41) is 15.5. The Hall–Kier alpha value is -1.59. The second-order valence-corrected chi connectivity index (χ2v) is 5.23. The van der Waals surface area contributed by atoms with E-state index in [2.05, 4.69) is 22.8 Å². The highest BCUT2D eigenvalue weighted by Gasteiger charge is 2.32. The number of amides is 2. The van der Waals surface area contributed by atoms with Crippen LogP contribution < -0.4 is 10.6 Å². The number of carbonyl (C=O) groups excluding carboxylic acids is 1. The van der Waals surface area contributed by atoms with Gasteiger partial charge in [0.05, 0.1) is 13.2 Å². The smallest absolute Gasteiger partial charge is 0.314 e. The monoisotopic (exact) mass is 278 g/mol. The molecule has 5 heteroatoms. The molecule has 110 valence electrons. The van der Waals surface area contributed by atoms with E-state index in [1.165, 1.54) is 5.56 Å². The zero-order valence-corrected chi connectivity index (χ0v) is 11.6. The van der Waals surface area contributed by atoms with Crippen molar-refractivity contribution in [3.8, 4) is 0 Å². The van der Waals surface area contributed by atoms with Gasteiger partial charge in [0.1, 0.15) is 5.60 Å². The van der Waals surface area contributed by atoms with Crippen molar-refractivity contribution >= 4 is 6.03 Å². The van der Waals surface area contributed by atoms with Gasteiger partial charge >= 0.3 is 6.03 Å². The third kappa shape index (κ3) is 4.83. The maximum Gasteiger partial charge on any atom is 0.314 e. The minimum Gasteiger partial charge on any atom is -0.386 e. The Morgan fingerprint density at radius 2 is 2.10 bits per heavy atom. The molecule has 1 aromatic rings. The van der Waals surface area contributed by atoms with E-state index in [0.29, 0.717) is 26.2 Å². The van der Waals surface area contributed by atoms with Gasteiger partial charge in [-0.25, -0.2) is 4.79 Å². The number of hydrogen-bond donors (Lipinski definition) is 3. The van der Waals surface area contributed by atoms with E-state index in [0.717, 1.165) is 12.8 Å². The van der Waals surface area contributed by atoms with Crippen molar-refractivity contribution < 1.29 is 14.6 Å². The van der Waals surface area contributed by atoms with Gasteiger partial charge in [-0.3, -0.25) is 0 Å². The standard InChI is InChI=1S/C15H22N2O3/c18-14(17-11-15(19)8-10-20-12-15)16-9-4-7-13-5-2-1-3-6-13/h1-3,5-6,19H,4,7-12H2,(H2,16,17,18). The molecule has 0 radical (unpaired) electrons. The number of aliphatic hydroxyl groups is 1. The van der Waals surface area contributed by atoms with Gasteiger partial charge in [-0.05, 0) is 18.4 Å². The molecule has 20 heavy (non-hydrogen) atoms. The summed E-state index contributed by atoms with van der Waals surface area (Å²) in [4.78, 5) is 11.6. The Morgan fingerprint density at radius 3 is 2.80 bits per heavy atom. The number of benzene rings is 1. The van der Waals surface area contributed by atoms with Gasteiger partial charge in [0.2, 0.25) is 0 Å². The second-order valence-electron chi connectivity index (χ2n) is 5.23. The van der Waals surface area contributed by atoms with Gasteiger partial charge in [-0.1, -0.05) is 30.3 Å². The summed E-state index contributed by atoms with van der Waals surface area (Å²) in [7, 11) is 0. The quantitative estimate of drug-likeness (QED) is 0.682. The van der Waals surface area contributed by atoms with Crippen molar-refractivity contribution in [3.05, 3.63) is 35.9 Å². The molecule has 0 spiro atoms. The summed E-state index contributed by atoms with van der Waals surface area (Å²) in [6, 6.07) is 9.94.